The molecule has 1 heterocycles. The molecule has 0 amide bonds. The molecule has 1 aromatic rings. The zero-order chi connectivity index (χ0) is 14.3. The fraction of sp³-hybridized carbons (Fsp3) is 0.750. The van der Waals surface area contributed by atoms with Crippen molar-refractivity contribution in [3.8, 4) is 0 Å². The van der Waals surface area contributed by atoms with E-state index in [1.165, 1.54) is 0 Å². The maximum atomic E-state index is 12.2. The van der Waals surface area contributed by atoms with Crippen LogP contribution >= 0.6 is 11.3 Å². The molecular formula is C12H20N2O3S2. The lowest BCUT2D eigenvalue weighted by atomic mass is 9.76. The molecule has 1 aliphatic rings. The van der Waals surface area contributed by atoms with Crippen molar-refractivity contribution in [2.24, 2.45) is 5.41 Å². The molecule has 2 rings (SSSR count). The van der Waals surface area contributed by atoms with Crippen LogP contribution in [0.4, 0.5) is 0 Å². The predicted molar refractivity (Wildman–Crippen MR) is 76.0 cm³/mol. The van der Waals surface area contributed by atoms with E-state index in [0.29, 0.717) is 11.1 Å². The van der Waals surface area contributed by atoms with Crippen LogP contribution in [0.25, 0.3) is 0 Å². The molecule has 5 nitrogen and oxygen atoms in total. The van der Waals surface area contributed by atoms with Gasteiger partial charge in [0, 0.05) is 11.7 Å². The second kappa shape index (κ2) is 5.03. The van der Waals surface area contributed by atoms with Crippen molar-refractivity contribution < 1.29 is 8.42 Å². The standard InChI is InChI=1S/C12H20N2O3S2/c1-8-10(18-11(15)13-8)19(16,17)14-9-4-6-12(2,3)7-5-9/h9,14H,4-7H2,1-3H3,(H,13,15). The molecule has 0 saturated heterocycles. The predicted octanol–water partition coefficient (Wildman–Crippen LogP) is 1.99. The fourth-order valence-corrected chi connectivity index (χ4v) is 5.06. The molecule has 0 aliphatic heterocycles. The minimum atomic E-state index is -3.57. The number of thiazole rings is 1. The van der Waals surface area contributed by atoms with Gasteiger partial charge >= 0.3 is 4.87 Å². The smallest absolute Gasteiger partial charge is 0.305 e. The number of aromatic amines is 1. The molecule has 0 spiro atoms. The monoisotopic (exact) mass is 304 g/mol. The zero-order valence-electron chi connectivity index (χ0n) is 11.4. The van der Waals surface area contributed by atoms with Crippen molar-refractivity contribution in [3.05, 3.63) is 15.4 Å². The summed E-state index contributed by atoms with van der Waals surface area (Å²) in [6, 6.07) is -0.0189. The van der Waals surface area contributed by atoms with E-state index >= 15 is 0 Å². The van der Waals surface area contributed by atoms with Gasteiger partial charge in [-0.15, -0.1) is 0 Å². The summed E-state index contributed by atoms with van der Waals surface area (Å²) in [7, 11) is -3.57. The molecule has 0 bridgehead atoms. The Kier molecular flexibility index (Phi) is 3.90. The first-order valence-corrected chi connectivity index (χ1v) is 8.72. The maximum Gasteiger partial charge on any atom is 0.305 e. The van der Waals surface area contributed by atoms with Crippen LogP contribution in [0.3, 0.4) is 0 Å². The Morgan fingerprint density at radius 3 is 2.37 bits per heavy atom. The number of nitrogens with one attached hydrogen (secondary N) is 2. The van der Waals surface area contributed by atoms with Crippen LogP contribution in [-0.2, 0) is 10.0 Å². The Morgan fingerprint density at radius 2 is 1.89 bits per heavy atom. The molecule has 1 fully saturated rings. The third-order valence-electron chi connectivity index (χ3n) is 3.69. The molecule has 108 valence electrons. The van der Waals surface area contributed by atoms with Crippen molar-refractivity contribution in [1.82, 2.24) is 9.71 Å². The molecule has 19 heavy (non-hydrogen) atoms. The molecule has 7 heteroatoms. The molecule has 0 radical (unpaired) electrons. The number of H-pyrrole nitrogens is 1. The highest BCUT2D eigenvalue weighted by molar-refractivity contribution is 7.91. The van der Waals surface area contributed by atoms with E-state index in [1.54, 1.807) is 6.92 Å². The lowest BCUT2D eigenvalue weighted by molar-refractivity contribution is 0.218. The molecule has 0 atom stereocenters. The summed E-state index contributed by atoms with van der Waals surface area (Å²) < 4.78 is 27.3. The lowest BCUT2D eigenvalue weighted by Crippen LogP contribution is -2.39. The van der Waals surface area contributed by atoms with Crippen molar-refractivity contribution in [3.63, 3.8) is 0 Å². The number of aromatic nitrogens is 1. The highest BCUT2D eigenvalue weighted by Gasteiger charge is 2.30. The van der Waals surface area contributed by atoms with Gasteiger partial charge in [-0.2, -0.15) is 0 Å². The van der Waals surface area contributed by atoms with Gasteiger partial charge < -0.3 is 4.98 Å². The van der Waals surface area contributed by atoms with Gasteiger partial charge in [0.25, 0.3) is 10.0 Å². The highest BCUT2D eigenvalue weighted by Crippen LogP contribution is 2.35. The number of aryl methyl sites for hydroxylation is 1. The van der Waals surface area contributed by atoms with E-state index < -0.39 is 10.0 Å². The van der Waals surface area contributed by atoms with Crippen LogP contribution < -0.4 is 9.60 Å². The molecule has 2 N–H and O–H groups in total. The Morgan fingerprint density at radius 1 is 1.32 bits per heavy atom. The van der Waals surface area contributed by atoms with E-state index in [9.17, 15) is 13.2 Å². The van der Waals surface area contributed by atoms with Crippen LogP contribution in [0, 0.1) is 12.3 Å². The third-order valence-corrected chi connectivity index (χ3v) is 6.81. The average Bonchev–Trinajstić information content (AvgIpc) is 2.62. The molecule has 0 aromatic carbocycles. The van der Waals surface area contributed by atoms with E-state index in [2.05, 4.69) is 23.6 Å². The molecule has 1 saturated carbocycles. The van der Waals surface area contributed by atoms with Crippen LogP contribution in [0.15, 0.2) is 9.00 Å². The van der Waals surface area contributed by atoms with E-state index in [4.69, 9.17) is 0 Å². The largest absolute Gasteiger partial charge is 0.315 e. The van der Waals surface area contributed by atoms with Gasteiger partial charge in [0.05, 0.1) is 0 Å². The maximum absolute atomic E-state index is 12.2. The van der Waals surface area contributed by atoms with Gasteiger partial charge in [0.15, 0.2) is 4.21 Å². The van der Waals surface area contributed by atoms with Gasteiger partial charge in [-0.1, -0.05) is 25.2 Å². The van der Waals surface area contributed by atoms with Crippen LogP contribution in [0.1, 0.15) is 45.2 Å². The number of sulfonamides is 1. The summed E-state index contributed by atoms with van der Waals surface area (Å²) in [4.78, 5) is 13.4. The SMILES string of the molecule is Cc1[nH]c(=O)sc1S(=O)(=O)NC1CCC(C)(C)CC1. The highest BCUT2D eigenvalue weighted by atomic mass is 32.2. The van der Waals surface area contributed by atoms with Crippen LogP contribution in [0.5, 0.6) is 0 Å². The Bertz CT molecular complexity index is 603. The van der Waals surface area contributed by atoms with Gasteiger partial charge in [-0.05, 0) is 38.0 Å². The fourth-order valence-electron chi connectivity index (χ4n) is 2.44. The first kappa shape index (κ1) is 14.7. The second-order valence-electron chi connectivity index (χ2n) is 5.99. The average molecular weight is 304 g/mol. The Labute approximate surface area is 117 Å². The lowest BCUT2D eigenvalue weighted by Gasteiger charge is -2.34. The number of rotatable bonds is 3. The minimum Gasteiger partial charge on any atom is -0.315 e. The molecule has 1 aliphatic carbocycles. The third kappa shape index (κ3) is 3.46. The van der Waals surface area contributed by atoms with Crippen molar-refractivity contribution in [2.75, 3.05) is 0 Å². The molecular weight excluding hydrogens is 284 g/mol. The van der Waals surface area contributed by atoms with Gasteiger partial charge in [0.2, 0.25) is 0 Å². The first-order valence-electron chi connectivity index (χ1n) is 6.42. The molecule has 1 aromatic heterocycles. The Balaban J connectivity index is 2.11. The summed E-state index contributed by atoms with van der Waals surface area (Å²) >= 11 is 0.748. The summed E-state index contributed by atoms with van der Waals surface area (Å²) in [5.41, 5.74) is 0.718. The Hall–Kier alpha value is -0.660. The minimum absolute atomic E-state index is 0.0189. The van der Waals surface area contributed by atoms with Crippen LogP contribution in [-0.4, -0.2) is 19.4 Å². The van der Waals surface area contributed by atoms with Crippen molar-refractivity contribution >= 4 is 21.4 Å². The number of hydrogen-bond acceptors (Lipinski definition) is 4. The first-order chi connectivity index (χ1) is 8.70. The van der Waals surface area contributed by atoms with E-state index in [1.807, 2.05) is 0 Å². The summed E-state index contributed by atoms with van der Waals surface area (Å²) in [6.45, 7) is 6.02. The normalized spacial score (nSPS) is 20.6. The van der Waals surface area contributed by atoms with E-state index in [-0.39, 0.29) is 15.1 Å². The summed E-state index contributed by atoms with van der Waals surface area (Å²) in [5, 5.41) is 0. The number of hydrogen-bond donors (Lipinski definition) is 2. The zero-order valence-corrected chi connectivity index (χ0v) is 13.1. The van der Waals surface area contributed by atoms with Crippen molar-refractivity contribution in [2.45, 2.75) is 56.7 Å². The second-order valence-corrected chi connectivity index (χ2v) is 8.88. The summed E-state index contributed by atoms with van der Waals surface area (Å²) in [6.07, 6.45) is 3.74. The van der Waals surface area contributed by atoms with Crippen molar-refractivity contribution in [1.29, 1.82) is 0 Å². The summed E-state index contributed by atoms with van der Waals surface area (Å²) in [5.74, 6) is 0. The van der Waals surface area contributed by atoms with E-state index in [0.717, 1.165) is 37.0 Å². The van der Waals surface area contributed by atoms with Crippen LogP contribution in [0.2, 0.25) is 0 Å². The van der Waals surface area contributed by atoms with Gasteiger partial charge in [0.1, 0.15) is 0 Å². The van der Waals surface area contributed by atoms with Gasteiger partial charge in [-0.3, -0.25) is 4.79 Å². The van der Waals surface area contributed by atoms with Gasteiger partial charge in [-0.25, -0.2) is 13.1 Å². The topological polar surface area (TPSA) is 79.0 Å². The quantitative estimate of drug-likeness (QED) is 0.896. The molecule has 0 unspecified atom stereocenters.